The Bertz CT molecular complexity index is 2060. The van der Waals surface area contributed by atoms with E-state index in [-0.39, 0.29) is 43.5 Å². The number of amides is 3. The van der Waals surface area contributed by atoms with Crippen LogP contribution in [0.25, 0.3) is 0 Å². The zero-order valence-corrected chi connectivity index (χ0v) is 31.1. The fourth-order valence-corrected chi connectivity index (χ4v) is 7.59. The number of ether oxygens (including phenoxy) is 2. The summed E-state index contributed by atoms with van der Waals surface area (Å²) in [6.45, 7) is 5.69. The Balaban J connectivity index is 1.26. The Labute approximate surface area is 319 Å². The van der Waals surface area contributed by atoms with Crippen LogP contribution in [-0.4, -0.2) is 77.8 Å². The Hall–Kier alpha value is -6.05. The SMILES string of the molecule is CC(=O)Cc1ccc2c(c1)Oc1cc(CC(=O)N[C@@H](CCCN=C(N)N)C(=O)N3CCC[C@H]3C(=O)N[C@H](C=O)C(C)C)ccc1C21OC(=O)c2ccccc21. The van der Waals surface area contributed by atoms with Gasteiger partial charge in [-0.15, -0.1) is 0 Å². The zero-order chi connectivity index (χ0) is 39.4. The minimum absolute atomic E-state index is 0.0222. The quantitative estimate of drug-likeness (QED) is 0.0622. The smallest absolute Gasteiger partial charge is 0.340 e. The molecule has 6 N–H and O–H groups in total. The van der Waals surface area contributed by atoms with Crippen LogP contribution in [0.5, 0.6) is 11.5 Å². The summed E-state index contributed by atoms with van der Waals surface area (Å²) in [5, 5.41) is 5.63. The third kappa shape index (κ3) is 7.94. The van der Waals surface area contributed by atoms with Crippen LogP contribution in [0, 0.1) is 5.92 Å². The molecular formula is C41H46N6O8. The minimum Gasteiger partial charge on any atom is -0.456 e. The Morgan fingerprint density at radius 2 is 1.64 bits per heavy atom. The molecular weight excluding hydrogens is 704 g/mol. The molecule has 0 aromatic heterocycles. The standard InChI is InChI=1S/C41H46N6O8/c1-23(2)32(22-48)46-37(51)33-11-7-17-47(33)38(52)31(10-6-16-44-40(42)43)45-36(50)21-26-13-15-30-35(20-26)54-34-19-25(18-24(3)49)12-14-29(34)41(30)28-9-5-4-8-27(28)39(53)55-41/h4-5,8-9,12-15,19-20,22-23,31-33H,6-7,10-11,16-18,21H2,1-3H3,(H,45,50)(H,46,51)(H4,42,43,44)/t31-,32+,33-,41?/m0/s1. The summed E-state index contributed by atoms with van der Waals surface area (Å²) in [4.78, 5) is 83.3. The highest BCUT2D eigenvalue weighted by molar-refractivity contribution is 5.97. The van der Waals surface area contributed by atoms with Gasteiger partial charge in [0, 0.05) is 36.2 Å². The van der Waals surface area contributed by atoms with Gasteiger partial charge in [0.15, 0.2) is 11.6 Å². The van der Waals surface area contributed by atoms with Gasteiger partial charge in [0.2, 0.25) is 17.7 Å². The number of Topliss-reactive ketones (excluding diaryl/α,β-unsaturated/α-hetero) is 1. The molecule has 3 aromatic carbocycles. The van der Waals surface area contributed by atoms with Crippen LogP contribution in [0.1, 0.15) is 84.6 Å². The lowest BCUT2D eigenvalue weighted by molar-refractivity contribution is -0.142. The Kier molecular flexibility index (Phi) is 11.3. The van der Waals surface area contributed by atoms with Crippen molar-refractivity contribution in [2.24, 2.45) is 22.4 Å². The molecule has 1 saturated heterocycles. The van der Waals surface area contributed by atoms with E-state index in [2.05, 4.69) is 15.6 Å². The molecule has 0 bridgehead atoms. The highest BCUT2D eigenvalue weighted by Gasteiger charge is 2.53. The van der Waals surface area contributed by atoms with Crippen LogP contribution >= 0.6 is 0 Å². The third-order valence-corrected chi connectivity index (χ3v) is 10.3. The first-order valence-electron chi connectivity index (χ1n) is 18.5. The van der Waals surface area contributed by atoms with E-state index in [0.717, 1.165) is 5.56 Å². The van der Waals surface area contributed by atoms with Crippen molar-refractivity contribution in [3.63, 3.8) is 0 Å². The molecule has 4 atom stereocenters. The van der Waals surface area contributed by atoms with Crippen molar-refractivity contribution in [1.82, 2.24) is 15.5 Å². The molecule has 1 spiro atoms. The van der Waals surface area contributed by atoms with Crippen molar-refractivity contribution in [2.45, 2.75) is 83.0 Å². The second-order valence-corrected chi connectivity index (χ2v) is 14.6. The summed E-state index contributed by atoms with van der Waals surface area (Å²) < 4.78 is 12.7. The summed E-state index contributed by atoms with van der Waals surface area (Å²) in [7, 11) is 0. The fourth-order valence-electron chi connectivity index (χ4n) is 7.59. The number of hydrogen-bond acceptors (Lipinski definition) is 9. The van der Waals surface area contributed by atoms with Gasteiger partial charge in [-0.3, -0.25) is 24.2 Å². The number of nitrogens with zero attached hydrogens (tertiary/aromatic N) is 2. The van der Waals surface area contributed by atoms with Crippen molar-refractivity contribution in [2.75, 3.05) is 13.1 Å². The van der Waals surface area contributed by atoms with E-state index in [1.54, 1.807) is 36.4 Å². The maximum atomic E-state index is 14.0. The predicted molar refractivity (Wildman–Crippen MR) is 202 cm³/mol. The fraction of sp³-hybridized carbons (Fsp3) is 0.390. The second-order valence-electron chi connectivity index (χ2n) is 14.6. The van der Waals surface area contributed by atoms with E-state index < -0.39 is 47.4 Å². The van der Waals surface area contributed by atoms with E-state index in [4.69, 9.17) is 20.9 Å². The van der Waals surface area contributed by atoms with Crippen LogP contribution in [-0.2, 0) is 47.2 Å². The molecule has 0 radical (unpaired) electrons. The van der Waals surface area contributed by atoms with Gasteiger partial charge in [0.05, 0.1) is 18.0 Å². The number of nitrogens with one attached hydrogen (secondary N) is 2. The Morgan fingerprint density at radius 3 is 2.27 bits per heavy atom. The molecule has 288 valence electrons. The number of carbonyl (C=O) groups excluding carboxylic acids is 6. The van der Waals surface area contributed by atoms with Crippen molar-refractivity contribution in [3.05, 3.63) is 94.0 Å². The first-order valence-corrected chi connectivity index (χ1v) is 18.5. The lowest BCUT2D eigenvalue weighted by Gasteiger charge is -2.37. The van der Waals surface area contributed by atoms with Crippen LogP contribution in [0.3, 0.4) is 0 Å². The van der Waals surface area contributed by atoms with Crippen molar-refractivity contribution >= 4 is 41.7 Å². The largest absolute Gasteiger partial charge is 0.456 e. The number of hydrogen-bond donors (Lipinski definition) is 4. The number of aldehydes is 1. The minimum atomic E-state index is -1.32. The van der Waals surface area contributed by atoms with Gasteiger partial charge in [-0.2, -0.15) is 0 Å². The molecule has 6 rings (SSSR count). The van der Waals surface area contributed by atoms with Gasteiger partial charge < -0.3 is 41.3 Å². The van der Waals surface area contributed by atoms with Gasteiger partial charge in [-0.05, 0) is 67.9 Å². The topological polar surface area (TPSA) is 213 Å². The van der Waals surface area contributed by atoms with Crippen LogP contribution in [0.15, 0.2) is 65.7 Å². The van der Waals surface area contributed by atoms with Crippen molar-refractivity contribution in [1.29, 1.82) is 0 Å². The number of ketones is 1. The molecule has 0 saturated carbocycles. The molecule has 3 amide bonds. The number of likely N-dealkylation sites (tertiary alicyclic amines) is 1. The third-order valence-electron chi connectivity index (χ3n) is 10.3. The number of fused-ring (bicyclic) bond motifs is 6. The number of aliphatic imine (C=N–C) groups is 1. The van der Waals surface area contributed by atoms with Crippen molar-refractivity contribution in [3.8, 4) is 11.5 Å². The number of benzene rings is 3. The van der Waals surface area contributed by atoms with E-state index in [1.165, 1.54) is 11.8 Å². The number of esters is 1. The van der Waals surface area contributed by atoms with Crippen molar-refractivity contribution < 1.29 is 38.2 Å². The maximum absolute atomic E-state index is 14.0. The highest BCUT2D eigenvalue weighted by atomic mass is 16.6. The molecule has 3 aliphatic rings. The summed E-state index contributed by atoms with van der Waals surface area (Å²) in [6.07, 6.45) is 2.33. The van der Waals surface area contributed by atoms with E-state index in [1.807, 2.05) is 38.1 Å². The molecule has 1 unspecified atom stereocenters. The summed E-state index contributed by atoms with van der Waals surface area (Å²) >= 11 is 0. The molecule has 1 fully saturated rings. The van der Waals surface area contributed by atoms with E-state index in [9.17, 15) is 28.8 Å². The lowest BCUT2D eigenvalue weighted by Crippen LogP contribution is -2.55. The van der Waals surface area contributed by atoms with Crippen LogP contribution < -0.4 is 26.8 Å². The van der Waals surface area contributed by atoms with Gasteiger partial charge >= 0.3 is 5.97 Å². The van der Waals surface area contributed by atoms with Gasteiger partial charge in [0.1, 0.15) is 35.7 Å². The number of rotatable bonds is 14. The normalized spacial score (nSPS) is 18.9. The highest BCUT2D eigenvalue weighted by Crippen LogP contribution is 2.56. The number of nitrogens with two attached hydrogens (primary N) is 2. The maximum Gasteiger partial charge on any atom is 0.340 e. The van der Waals surface area contributed by atoms with Crippen LogP contribution in [0.4, 0.5) is 0 Å². The lowest BCUT2D eigenvalue weighted by atomic mass is 9.77. The molecule has 14 heteroatoms. The number of carbonyl (C=O) groups is 6. The summed E-state index contributed by atoms with van der Waals surface area (Å²) in [6, 6.07) is 15.3. The first-order chi connectivity index (χ1) is 26.3. The van der Waals surface area contributed by atoms with Gasteiger partial charge in [-0.1, -0.05) is 56.3 Å². The number of guanidine groups is 1. The molecule has 14 nitrogen and oxygen atoms in total. The average Bonchev–Trinajstić information content (AvgIpc) is 3.75. The Morgan fingerprint density at radius 1 is 0.964 bits per heavy atom. The molecule has 55 heavy (non-hydrogen) atoms. The van der Waals surface area contributed by atoms with Gasteiger partial charge in [-0.25, -0.2) is 4.79 Å². The van der Waals surface area contributed by atoms with Crippen LogP contribution in [0.2, 0.25) is 0 Å². The molecule has 3 aromatic rings. The van der Waals surface area contributed by atoms with E-state index in [0.29, 0.717) is 71.4 Å². The molecule has 3 aliphatic heterocycles. The zero-order valence-electron chi connectivity index (χ0n) is 31.1. The van der Waals surface area contributed by atoms with E-state index >= 15 is 0 Å². The molecule has 0 aliphatic carbocycles. The predicted octanol–water partition coefficient (Wildman–Crippen LogP) is 2.80. The first kappa shape index (κ1) is 38.7. The molecule has 3 heterocycles. The average molecular weight is 751 g/mol. The summed E-state index contributed by atoms with van der Waals surface area (Å²) in [5.41, 5.74) is 13.2. The summed E-state index contributed by atoms with van der Waals surface area (Å²) in [5.74, 6) is -1.23. The second kappa shape index (κ2) is 16.1. The van der Waals surface area contributed by atoms with Gasteiger partial charge in [0.25, 0.3) is 0 Å². The monoisotopic (exact) mass is 750 g/mol.